The Morgan fingerprint density at radius 1 is 1.15 bits per heavy atom. The summed E-state index contributed by atoms with van der Waals surface area (Å²) >= 11 is 0. The van der Waals surface area contributed by atoms with E-state index in [2.05, 4.69) is 10.6 Å². The first-order valence-electron chi connectivity index (χ1n) is 11.3. The Morgan fingerprint density at radius 2 is 1.94 bits per heavy atom. The molecule has 0 spiro atoms. The molecule has 3 atom stereocenters. The molecule has 2 aromatic carbocycles. The molecule has 2 heterocycles. The number of anilines is 1. The summed E-state index contributed by atoms with van der Waals surface area (Å²) in [4.78, 5) is 38.9. The summed E-state index contributed by atoms with van der Waals surface area (Å²) in [7, 11) is 3.10. The highest BCUT2D eigenvalue weighted by molar-refractivity contribution is 5.99. The second-order valence-electron chi connectivity index (χ2n) is 8.45. The quantitative estimate of drug-likeness (QED) is 0.655. The van der Waals surface area contributed by atoms with Gasteiger partial charge in [-0.3, -0.25) is 9.59 Å². The molecule has 9 heteroatoms. The van der Waals surface area contributed by atoms with Gasteiger partial charge in [0, 0.05) is 19.3 Å². The molecular formula is C25H29N3O6. The fraction of sp³-hybridized carbons (Fsp3) is 0.400. The van der Waals surface area contributed by atoms with Gasteiger partial charge in [-0.15, -0.1) is 0 Å². The van der Waals surface area contributed by atoms with Gasteiger partial charge in [0.1, 0.15) is 18.5 Å². The number of rotatable bonds is 5. The third-order valence-electron chi connectivity index (χ3n) is 6.19. The average Bonchev–Trinajstić information content (AvgIpc) is 2.86. The maximum Gasteiger partial charge on any atom is 0.319 e. The summed E-state index contributed by atoms with van der Waals surface area (Å²) in [5.74, 6) is -0.116. The molecular weight excluding hydrogens is 438 g/mol. The first-order valence-corrected chi connectivity index (χ1v) is 11.3. The highest BCUT2D eigenvalue weighted by Crippen LogP contribution is 2.32. The molecule has 180 valence electrons. The van der Waals surface area contributed by atoms with E-state index in [4.69, 9.17) is 14.2 Å². The Morgan fingerprint density at radius 3 is 2.71 bits per heavy atom. The van der Waals surface area contributed by atoms with Crippen molar-refractivity contribution in [2.75, 3.05) is 26.1 Å². The molecule has 4 rings (SSSR count). The normalized spacial score (nSPS) is 21.8. The van der Waals surface area contributed by atoms with Crippen molar-refractivity contribution in [3.05, 3.63) is 59.7 Å². The maximum absolute atomic E-state index is 13.3. The van der Waals surface area contributed by atoms with Gasteiger partial charge in [0.2, 0.25) is 0 Å². The fourth-order valence-electron chi connectivity index (χ4n) is 4.33. The molecule has 2 aliphatic heterocycles. The molecule has 9 nitrogen and oxygen atoms in total. The van der Waals surface area contributed by atoms with Crippen LogP contribution in [0.25, 0.3) is 0 Å². The number of methoxy groups -OCH3 is 1. The highest BCUT2D eigenvalue weighted by Gasteiger charge is 2.39. The number of urea groups is 1. The number of esters is 1. The molecule has 0 aromatic heterocycles. The SMILES string of the molecule is COC(=O)C[C@@H]1CC[C@@H]2[C@H](COc3ccc(NC(=O)NCc4ccccc4)cc3C(=O)N2C)O1. The molecule has 1 fully saturated rings. The number of ether oxygens (including phenoxy) is 3. The van der Waals surface area contributed by atoms with E-state index in [1.54, 1.807) is 30.1 Å². The second kappa shape index (κ2) is 10.6. The molecule has 2 aromatic rings. The van der Waals surface area contributed by atoms with Gasteiger partial charge in [-0.05, 0) is 36.6 Å². The highest BCUT2D eigenvalue weighted by atomic mass is 16.5. The van der Waals surface area contributed by atoms with Crippen molar-refractivity contribution in [1.29, 1.82) is 0 Å². The van der Waals surface area contributed by atoms with Crippen LogP contribution >= 0.6 is 0 Å². The summed E-state index contributed by atoms with van der Waals surface area (Å²) in [5, 5.41) is 5.58. The van der Waals surface area contributed by atoms with E-state index >= 15 is 0 Å². The van der Waals surface area contributed by atoms with Crippen molar-refractivity contribution >= 4 is 23.6 Å². The van der Waals surface area contributed by atoms with Gasteiger partial charge in [-0.2, -0.15) is 0 Å². The van der Waals surface area contributed by atoms with E-state index in [0.717, 1.165) is 5.56 Å². The molecule has 0 saturated carbocycles. The molecule has 0 unspecified atom stereocenters. The largest absolute Gasteiger partial charge is 0.490 e. The van der Waals surface area contributed by atoms with Crippen LogP contribution in [0.1, 0.15) is 35.2 Å². The van der Waals surface area contributed by atoms with Gasteiger partial charge >= 0.3 is 12.0 Å². The lowest BCUT2D eigenvalue weighted by Gasteiger charge is -2.42. The van der Waals surface area contributed by atoms with Crippen molar-refractivity contribution in [3.63, 3.8) is 0 Å². The van der Waals surface area contributed by atoms with E-state index in [9.17, 15) is 14.4 Å². The summed E-state index contributed by atoms with van der Waals surface area (Å²) in [6.07, 6.45) is 0.888. The summed E-state index contributed by atoms with van der Waals surface area (Å²) in [6, 6.07) is 14.0. The number of carbonyl (C=O) groups is 3. The predicted octanol–water partition coefficient (Wildman–Crippen LogP) is 2.95. The van der Waals surface area contributed by atoms with Crippen LogP contribution in [-0.2, 0) is 20.8 Å². The van der Waals surface area contributed by atoms with Crippen molar-refractivity contribution in [2.24, 2.45) is 0 Å². The molecule has 3 amide bonds. The first-order chi connectivity index (χ1) is 16.4. The summed E-state index contributed by atoms with van der Waals surface area (Å²) in [5.41, 5.74) is 1.85. The third kappa shape index (κ3) is 5.48. The smallest absolute Gasteiger partial charge is 0.319 e. The van der Waals surface area contributed by atoms with Crippen LogP contribution in [-0.4, -0.2) is 61.8 Å². The van der Waals surface area contributed by atoms with E-state index in [1.807, 2.05) is 30.3 Å². The Balaban J connectivity index is 1.43. The lowest BCUT2D eigenvalue weighted by Crippen LogP contribution is -2.53. The minimum absolute atomic E-state index is 0.176. The number of fused-ring (bicyclic) bond motifs is 2. The van der Waals surface area contributed by atoms with Crippen LogP contribution in [0.2, 0.25) is 0 Å². The van der Waals surface area contributed by atoms with Crippen LogP contribution in [0.5, 0.6) is 5.75 Å². The Hall–Kier alpha value is -3.59. The summed E-state index contributed by atoms with van der Waals surface area (Å²) < 4.78 is 16.8. The standard InChI is InChI=1S/C25H29N3O6/c1-28-20-10-9-18(13-23(29)32-2)34-22(20)15-33-21-11-8-17(12-19(21)24(28)30)27-25(31)26-14-16-6-4-3-5-7-16/h3-8,11-12,18,20,22H,9-10,13-15H2,1-2H3,(H2,26,27,31)/t18-,20+,22-/m0/s1. The van der Waals surface area contributed by atoms with Gasteiger partial charge in [0.05, 0.1) is 31.2 Å². The van der Waals surface area contributed by atoms with Crippen molar-refractivity contribution in [2.45, 2.75) is 44.1 Å². The molecule has 0 bridgehead atoms. The van der Waals surface area contributed by atoms with Crippen LogP contribution in [0.3, 0.4) is 0 Å². The number of nitrogens with zero attached hydrogens (tertiary/aromatic N) is 1. The van der Waals surface area contributed by atoms with Gasteiger partial charge < -0.3 is 29.7 Å². The zero-order valence-corrected chi connectivity index (χ0v) is 19.3. The van der Waals surface area contributed by atoms with Crippen LogP contribution in [0.15, 0.2) is 48.5 Å². The molecule has 2 N–H and O–H groups in total. The zero-order chi connectivity index (χ0) is 24.1. The van der Waals surface area contributed by atoms with Crippen LogP contribution in [0.4, 0.5) is 10.5 Å². The number of likely N-dealkylation sites (N-methyl/N-ethyl adjacent to an activating group) is 1. The molecule has 34 heavy (non-hydrogen) atoms. The average molecular weight is 468 g/mol. The number of benzene rings is 2. The van der Waals surface area contributed by atoms with Crippen LogP contribution < -0.4 is 15.4 Å². The number of carbonyl (C=O) groups excluding carboxylic acids is 3. The van der Waals surface area contributed by atoms with Gasteiger partial charge in [0.25, 0.3) is 5.91 Å². The van der Waals surface area contributed by atoms with Gasteiger partial charge in [0.15, 0.2) is 0 Å². The minimum atomic E-state index is -0.367. The third-order valence-corrected chi connectivity index (χ3v) is 6.19. The molecule has 1 saturated heterocycles. The van der Waals surface area contributed by atoms with Crippen molar-refractivity contribution < 1.29 is 28.6 Å². The Labute approximate surface area is 198 Å². The number of hydrogen-bond donors (Lipinski definition) is 2. The molecule has 0 radical (unpaired) electrons. The van der Waals surface area contributed by atoms with Crippen LogP contribution in [0, 0.1) is 0 Å². The topological polar surface area (TPSA) is 106 Å². The fourth-order valence-corrected chi connectivity index (χ4v) is 4.33. The maximum atomic E-state index is 13.3. The Bertz CT molecular complexity index is 1040. The van der Waals surface area contributed by atoms with Crippen molar-refractivity contribution in [1.82, 2.24) is 10.2 Å². The predicted molar refractivity (Wildman–Crippen MR) is 125 cm³/mol. The minimum Gasteiger partial charge on any atom is -0.490 e. The van der Waals surface area contributed by atoms with E-state index in [0.29, 0.717) is 36.4 Å². The zero-order valence-electron chi connectivity index (χ0n) is 19.3. The van der Waals surface area contributed by atoms with E-state index in [1.165, 1.54) is 7.11 Å². The van der Waals surface area contributed by atoms with E-state index < -0.39 is 0 Å². The first kappa shape index (κ1) is 23.6. The lowest BCUT2D eigenvalue weighted by atomic mass is 9.94. The second-order valence-corrected chi connectivity index (χ2v) is 8.45. The summed E-state index contributed by atoms with van der Waals surface area (Å²) in [6.45, 7) is 0.639. The van der Waals surface area contributed by atoms with Crippen molar-refractivity contribution in [3.8, 4) is 5.75 Å². The molecule has 0 aliphatic carbocycles. The van der Waals surface area contributed by atoms with Gasteiger partial charge in [-0.25, -0.2) is 4.79 Å². The number of hydrogen-bond acceptors (Lipinski definition) is 6. The number of amides is 3. The monoisotopic (exact) mass is 467 g/mol. The number of nitrogens with one attached hydrogen (secondary N) is 2. The lowest BCUT2D eigenvalue weighted by molar-refractivity contribution is -0.151. The Kier molecular flexibility index (Phi) is 7.32. The molecule has 2 aliphatic rings. The van der Waals surface area contributed by atoms with E-state index in [-0.39, 0.29) is 49.2 Å². The van der Waals surface area contributed by atoms with Gasteiger partial charge in [-0.1, -0.05) is 30.3 Å².